The van der Waals surface area contributed by atoms with E-state index in [1.165, 1.54) is 0 Å². The minimum atomic E-state index is -0.857. The molecule has 10 heteroatoms. The predicted octanol–water partition coefficient (Wildman–Crippen LogP) is 2.20. The van der Waals surface area contributed by atoms with Crippen LogP contribution in [0.4, 0.5) is 11.5 Å². The minimum absolute atomic E-state index is 0.0892. The van der Waals surface area contributed by atoms with Gasteiger partial charge in [0.1, 0.15) is 6.54 Å². The molecule has 1 aromatic carbocycles. The van der Waals surface area contributed by atoms with Crippen LogP contribution in [0, 0.1) is 18.3 Å². The summed E-state index contributed by atoms with van der Waals surface area (Å²) in [6, 6.07) is 10.6. The van der Waals surface area contributed by atoms with Crippen LogP contribution in [0.25, 0.3) is 10.9 Å². The SMILES string of the molecule is CCOC(=O)Cn1ccc2cc(NC(=O)C(=O)Nc3cc(C)n(CCC#N)n3)ccc21. The molecule has 0 aliphatic carbocycles. The highest BCUT2D eigenvalue weighted by molar-refractivity contribution is 6.43. The summed E-state index contributed by atoms with van der Waals surface area (Å²) in [4.78, 5) is 36.2. The molecule has 2 N–H and O–H groups in total. The molecule has 160 valence electrons. The van der Waals surface area contributed by atoms with Gasteiger partial charge in [0, 0.05) is 34.5 Å². The first kappa shape index (κ1) is 21.6. The second kappa shape index (κ2) is 9.58. The number of nitrogens with zero attached hydrogens (tertiary/aromatic N) is 4. The van der Waals surface area contributed by atoms with Gasteiger partial charge in [0.15, 0.2) is 5.82 Å². The fourth-order valence-electron chi connectivity index (χ4n) is 3.08. The number of hydrogen-bond acceptors (Lipinski definition) is 6. The van der Waals surface area contributed by atoms with Crippen molar-refractivity contribution in [3.05, 3.63) is 42.2 Å². The highest BCUT2D eigenvalue weighted by Gasteiger charge is 2.17. The van der Waals surface area contributed by atoms with Crippen LogP contribution in [0.3, 0.4) is 0 Å². The molecule has 0 unspecified atom stereocenters. The average molecular weight is 422 g/mol. The van der Waals surface area contributed by atoms with Crippen LogP contribution in [0.15, 0.2) is 36.5 Å². The zero-order valence-corrected chi connectivity index (χ0v) is 17.2. The van der Waals surface area contributed by atoms with Crippen molar-refractivity contribution in [3.8, 4) is 6.07 Å². The Morgan fingerprint density at radius 3 is 2.68 bits per heavy atom. The highest BCUT2D eigenvalue weighted by atomic mass is 16.5. The number of benzene rings is 1. The van der Waals surface area contributed by atoms with Gasteiger partial charge in [0.25, 0.3) is 0 Å². The number of esters is 1. The van der Waals surface area contributed by atoms with Crippen molar-refractivity contribution in [2.24, 2.45) is 0 Å². The van der Waals surface area contributed by atoms with Gasteiger partial charge in [-0.15, -0.1) is 0 Å². The first-order valence-corrected chi connectivity index (χ1v) is 9.69. The molecule has 0 saturated carbocycles. The van der Waals surface area contributed by atoms with E-state index < -0.39 is 11.8 Å². The van der Waals surface area contributed by atoms with Crippen LogP contribution in [-0.2, 0) is 32.2 Å². The molecular formula is C21H22N6O4. The van der Waals surface area contributed by atoms with Gasteiger partial charge in [-0.25, -0.2) is 0 Å². The number of rotatable bonds is 7. The van der Waals surface area contributed by atoms with Crippen LogP contribution in [0.5, 0.6) is 0 Å². The average Bonchev–Trinajstić information content (AvgIpc) is 3.28. The largest absolute Gasteiger partial charge is 0.465 e. The van der Waals surface area contributed by atoms with Gasteiger partial charge < -0.3 is 19.9 Å². The number of hydrogen-bond donors (Lipinski definition) is 2. The molecule has 2 heterocycles. The monoisotopic (exact) mass is 422 g/mol. The van der Waals surface area contributed by atoms with Crippen molar-refractivity contribution in [1.82, 2.24) is 14.3 Å². The van der Waals surface area contributed by atoms with E-state index in [1.807, 2.05) is 6.07 Å². The summed E-state index contributed by atoms with van der Waals surface area (Å²) in [7, 11) is 0. The molecule has 3 aromatic rings. The lowest BCUT2D eigenvalue weighted by atomic mass is 10.2. The maximum atomic E-state index is 12.3. The molecule has 0 atom stereocenters. The van der Waals surface area contributed by atoms with Crippen LogP contribution in [-0.4, -0.2) is 38.7 Å². The number of carbonyl (C=O) groups is 3. The molecule has 10 nitrogen and oxygen atoms in total. The van der Waals surface area contributed by atoms with Crippen molar-refractivity contribution in [3.63, 3.8) is 0 Å². The molecule has 0 spiro atoms. The Balaban J connectivity index is 1.64. The summed E-state index contributed by atoms with van der Waals surface area (Å²) in [5.74, 6) is -1.79. The predicted molar refractivity (Wildman–Crippen MR) is 113 cm³/mol. The fourth-order valence-corrected chi connectivity index (χ4v) is 3.08. The normalized spacial score (nSPS) is 10.5. The number of fused-ring (bicyclic) bond motifs is 1. The summed E-state index contributed by atoms with van der Waals surface area (Å²) in [5, 5.41) is 18.6. The minimum Gasteiger partial charge on any atom is -0.465 e. The lowest BCUT2D eigenvalue weighted by Crippen LogP contribution is -2.29. The summed E-state index contributed by atoms with van der Waals surface area (Å²) >= 11 is 0. The molecule has 0 aliphatic heterocycles. The van der Waals surface area contributed by atoms with Crippen LogP contribution in [0.2, 0.25) is 0 Å². The van der Waals surface area contributed by atoms with E-state index in [2.05, 4.69) is 15.7 Å². The third kappa shape index (κ3) is 5.27. The third-order valence-electron chi connectivity index (χ3n) is 4.50. The molecule has 0 radical (unpaired) electrons. The zero-order chi connectivity index (χ0) is 22.4. The Hall–Kier alpha value is -4.13. The van der Waals surface area contributed by atoms with Crippen molar-refractivity contribution >= 4 is 40.2 Å². The third-order valence-corrected chi connectivity index (χ3v) is 4.50. The Morgan fingerprint density at radius 2 is 1.94 bits per heavy atom. The number of nitrogens with one attached hydrogen (secondary N) is 2. The lowest BCUT2D eigenvalue weighted by Gasteiger charge is -2.07. The fraction of sp³-hybridized carbons (Fsp3) is 0.286. The first-order valence-electron chi connectivity index (χ1n) is 9.69. The molecule has 2 amide bonds. The number of aromatic nitrogens is 3. The summed E-state index contributed by atoms with van der Waals surface area (Å²) in [5.41, 5.74) is 2.01. The van der Waals surface area contributed by atoms with Gasteiger partial charge in [0.2, 0.25) is 0 Å². The van der Waals surface area contributed by atoms with E-state index in [4.69, 9.17) is 10.00 Å². The van der Waals surface area contributed by atoms with Gasteiger partial charge in [-0.3, -0.25) is 19.1 Å². The van der Waals surface area contributed by atoms with Gasteiger partial charge in [0.05, 0.1) is 25.6 Å². The van der Waals surface area contributed by atoms with Gasteiger partial charge >= 0.3 is 17.8 Å². The maximum Gasteiger partial charge on any atom is 0.325 e. The van der Waals surface area contributed by atoms with Gasteiger partial charge in [-0.2, -0.15) is 10.4 Å². The van der Waals surface area contributed by atoms with E-state index >= 15 is 0 Å². The van der Waals surface area contributed by atoms with E-state index in [0.717, 1.165) is 16.6 Å². The molecule has 3 rings (SSSR count). The number of aryl methyl sites for hydroxylation is 2. The lowest BCUT2D eigenvalue weighted by molar-refractivity contribution is -0.143. The molecular weight excluding hydrogens is 400 g/mol. The van der Waals surface area contributed by atoms with Gasteiger partial charge in [-0.1, -0.05) is 0 Å². The quantitative estimate of drug-likeness (QED) is 0.443. The second-order valence-electron chi connectivity index (χ2n) is 6.73. The van der Waals surface area contributed by atoms with Crippen LogP contribution in [0.1, 0.15) is 19.0 Å². The summed E-state index contributed by atoms with van der Waals surface area (Å²) in [6.07, 6.45) is 2.05. The standard InChI is InChI=1S/C21H22N6O4/c1-3-31-19(28)13-26-10-7-15-12-16(5-6-17(15)26)23-20(29)21(30)24-18-11-14(2)27(25-18)9-4-8-22/h5-7,10-12H,3-4,9,13H2,1-2H3,(H,23,29)(H,24,25,30). The van der Waals surface area contributed by atoms with Crippen LogP contribution >= 0.6 is 0 Å². The first-order chi connectivity index (χ1) is 14.9. The Labute approximate surface area is 178 Å². The van der Waals surface area contributed by atoms with Gasteiger partial charge in [-0.05, 0) is 38.1 Å². The van der Waals surface area contributed by atoms with Crippen LogP contribution < -0.4 is 10.6 Å². The molecule has 0 saturated heterocycles. The second-order valence-corrected chi connectivity index (χ2v) is 6.73. The van der Waals surface area contributed by atoms with E-state index in [-0.39, 0.29) is 18.3 Å². The zero-order valence-electron chi connectivity index (χ0n) is 17.2. The molecule has 31 heavy (non-hydrogen) atoms. The Bertz CT molecular complexity index is 1170. The smallest absolute Gasteiger partial charge is 0.325 e. The van der Waals surface area contributed by atoms with Crippen molar-refractivity contribution < 1.29 is 19.1 Å². The number of anilines is 2. The Kier molecular flexibility index (Phi) is 6.67. The van der Waals surface area contributed by atoms with Crippen molar-refractivity contribution in [2.75, 3.05) is 17.2 Å². The summed E-state index contributed by atoms with van der Waals surface area (Å²) in [6.45, 7) is 4.35. The maximum absolute atomic E-state index is 12.3. The number of ether oxygens (including phenoxy) is 1. The van der Waals surface area contributed by atoms with Crippen molar-refractivity contribution in [2.45, 2.75) is 33.4 Å². The summed E-state index contributed by atoms with van der Waals surface area (Å²) < 4.78 is 8.30. The van der Waals surface area contributed by atoms with Crippen molar-refractivity contribution in [1.29, 1.82) is 5.26 Å². The number of carbonyl (C=O) groups excluding carboxylic acids is 3. The number of nitriles is 1. The molecule has 0 fully saturated rings. The molecule has 2 aromatic heterocycles. The highest BCUT2D eigenvalue weighted by Crippen LogP contribution is 2.21. The topological polar surface area (TPSA) is 131 Å². The van der Waals surface area contributed by atoms with E-state index in [0.29, 0.717) is 25.3 Å². The number of amides is 2. The Morgan fingerprint density at radius 1 is 1.16 bits per heavy atom. The van der Waals surface area contributed by atoms with E-state index in [1.54, 1.807) is 59.6 Å². The molecule has 0 aliphatic rings. The molecule has 0 bridgehead atoms. The van der Waals surface area contributed by atoms with E-state index in [9.17, 15) is 14.4 Å².